The SMILES string of the molecule is C[C@@H]1C[C@@H](C)CN(CCCNC(=O)C2CCN(S(C)(=O)=O)CC2)C1. The van der Waals surface area contributed by atoms with Crippen LogP contribution in [0.1, 0.15) is 39.5 Å². The number of hydrogen-bond donors (Lipinski definition) is 1. The van der Waals surface area contributed by atoms with Crippen molar-refractivity contribution in [3.8, 4) is 0 Å². The number of hydrogen-bond acceptors (Lipinski definition) is 4. The molecule has 0 saturated carbocycles. The average Bonchev–Trinajstić information content (AvgIpc) is 2.50. The van der Waals surface area contributed by atoms with Gasteiger partial charge in [0.2, 0.25) is 15.9 Å². The zero-order chi connectivity index (χ0) is 17.7. The molecule has 2 atom stereocenters. The second-order valence-corrected chi connectivity index (χ2v) is 9.77. The fourth-order valence-electron chi connectivity index (χ4n) is 4.08. The molecule has 2 saturated heterocycles. The maximum atomic E-state index is 12.2. The molecule has 2 fully saturated rings. The summed E-state index contributed by atoms with van der Waals surface area (Å²) in [5.41, 5.74) is 0. The third-order valence-corrected chi connectivity index (χ3v) is 6.49. The molecule has 140 valence electrons. The van der Waals surface area contributed by atoms with Gasteiger partial charge in [-0.1, -0.05) is 13.8 Å². The van der Waals surface area contributed by atoms with E-state index in [4.69, 9.17) is 0 Å². The molecule has 0 aromatic heterocycles. The number of carbonyl (C=O) groups is 1. The van der Waals surface area contributed by atoms with Crippen LogP contribution in [0.4, 0.5) is 0 Å². The topological polar surface area (TPSA) is 69.7 Å². The molecule has 7 heteroatoms. The first-order chi connectivity index (χ1) is 11.3. The van der Waals surface area contributed by atoms with Gasteiger partial charge < -0.3 is 10.2 Å². The Bertz CT molecular complexity index is 505. The second-order valence-electron chi connectivity index (χ2n) is 7.79. The molecule has 0 aromatic rings. The zero-order valence-corrected chi connectivity index (χ0v) is 16.1. The van der Waals surface area contributed by atoms with Crippen LogP contribution in [0, 0.1) is 17.8 Å². The first kappa shape index (κ1) is 19.7. The molecule has 2 aliphatic heterocycles. The molecular formula is C17H33N3O3S. The molecule has 0 aliphatic carbocycles. The van der Waals surface area contributed by atoms with Crippen molar-refractivity contribution in [2.45, 2.75) is 39.5 Å². The highest BCUT2D eigenvalue weighted by atomic mass is 32.2. The third kappa shape index (κ3) is 6.01. The van der Waals surface area contributed by atoms with Gasteiger partial charge in [0.25, 0.3) is 0 Å². The molecule has 2 aliphatic rings. The van der Waals surface area contributed by atoms with Crippen molar-refractivity contribution in [2.24, 2.45) is 17.8 Å². The van der Waals surface area contributed by atoms with Gasteiger partial charge in [-0.3, -0.25) is 4.79 Å². The molecule has 1 amide bonds. The smallest absolute Gasteiger partial charge is 0.223 e. The number of rotatable bonds is 6. The number of likely N-dealkylation sites (tertiary alicyclic amines) is 1. The zero-order valence-electron chi connectivity index (χ0n) is 15.3. The summed E-state index contributed by atoms with van der Waals surface area (Å²) in [5, 5.41) is 3.03. The van der Waals surface area contributed by atoms with E-state index >= 15 is 0 Å². The summed E-state index contributed by atoms with van der Waals surface area (Å²) in [6.07, 6.45) is 4.78. The maximum absolute atomic E-state index is 12.2. The monoisotopic (exact) mass is 359 g/mol. The molecule has 2 heterocycles. The number of amides is 1. The number of nitrogens with zero attached hydrogens (tertiary/aromatic N) is 2. The van der Waals surface area contributed by atoms with Crippen molar-refractivity contribution < 1.29 is 13.2 Å². The molecule has 6 nitrogen and oxygen atoms in total. The Labute approximate surface area is 147 Å². The van der Waals surface area contributed by atoms with Crippen LogP contribution in [-0.2, 0) is 14.8 Å². The second kappa shape index (κ2) is 8.63. The van der Waals surface area contributed by atoms with Crippen molar-refractivity contribution >= 4 is 15.9 Å². The third-order valence-electron chi connectivity index (χ3n) is 5.19. The minimum Gasteiger partial charge on any atom is -0.356 e. The molecule has 0 bridgehead atoms. The van der Waals surface area contributed by atoms with E-state index in [1.165, 1.54) is 30.1 Å². The molecule has 1 N–H and O–H groups in total. The van der Waals surface area contributed by atoms with Gasteiger partial charge in [-0.15, -0.1) is 0 Å². The minimum absolute atomic E-state index is 0.0435. The van der Waals surface area contributed by atoms with Gasteiger partial charge in [0.15, 0.2) is 0 Å². The molecule has 0 radical (unpaired) electrons. The highest BCUT2D eigenvalue weighted by molar-refractivity contribution is 7.88. The molecule has 0 spiro atoms. The van der Waals surface area contributed by atoms with Crippen molar-refractivity contribution in [2.75, 3.05) is 45.5 Å². The van der Waals surface area contributed by atoms with Gasteiger partial charge in [-0.25, -0.2) is 12.7 Å². The van der Waals surface area contributed by atoms with Gasteiger partial charge in [-0.2, -0.15) is 0 Å². The van der Waals surface area contributed by atoms with E-state index in [2.05, 4.69) is 24.1 Å². The lowest BCUT2D eigenvalue weighted by Gasteiger charge is -2.35. The van der Waals surface area contributed by atoms with Crippen LogP contribution in [0.3, 0.4) is 0 Å². The first-order valence-electron chi connectivity index (χ1n) is 9.21. The van der Waals surface area contributed by atoms with Crippen LogP contribution < -0.4 is 5.32 Å². The van der Waals surface area contributed by atoms with Gasteiger partial charge in [-0.05, 0) is 44.1 Å². The lowest BCUT2D eigenvalue weighted by Crippen LogP contribution is -2.43. The van der Waals surface area contributed by atoms with Crippen LogP contribution in [0.15, 0.2) is 0 Å². The van der Waals surface area contributed by atoms with Crippen LogP contribution >= 0.6 is 0 Å². The Hall–Kier alpha value is -0.660. The highest BCUT2D eigenvalue weighted by Gasteiger charge is 2.28. The van der Waals surface area contributed by atoms with Crippen molar-refractivity contribution in [3.63, 3.8) is 0 Å². The van der Waals surface area contributed by atoms with E-state index in [9.17, 15) is 13.2 Å². The van der Waals surface area contributed by atoms with Crippen molar-refractivity contribution in [1.29, 1.82) is 0 Å². The van der Waals surface area contributed by atoms with Crippen LogP contribution in [-0.4, -0.2) is 69.1 Å². The lowest BCUT2D eigenvalue weighted by molar-refractivity contribution is -0.126. The highest BCUT2D eigenvalue weighted by Crippen LogP contribution is 2.21. The fourth-order valence-corrected chi connectivity index (χ4v) is 4.96. The first-order valence-corrected chi connectivity index (χ1v) is 11.1. The summed E-state index contributed by atoms with van der Waals surface area (Å²) < 4.78 is 24.4. The number of sulfonamides is 1. The maximum Gasteiger partial charge on any atom is 0.223 e. The van der Waals surface area contributed by atoms with Gasteiger partial charge in [0, 0.05) is 38.6 Å². The Morgan fingerprint density at radius 3 is 2.25 bits per heavy atom. The predicted molar refractivity (Wildman–Crippen MR) is 96.2 cm³/mol. The van der Waals surface area contributed by atoms with E-state index in [1.807, 2.05) is 0 Å². The lowest BCUT2D eigenvalue weighted by atomic mass is 9.92. The Morgan fingerprint density at radius 2 is 1.71 bits per heavy atom. The van der Waals surface area contributed by atoms with Crippen molar-refractivity contribution in [1.82, 2.24) is 14.5 Å². The molecule has 2 rings (SSSR count). The summed E-state index contributed by atoms with van der Waals surface area (Å²) in [6.45, 7) is 9.64. The molecule has 0 aromatic carbocycles. The standard InChI is InChI=1S/C17H33N3O3S/c1-14-11-15(2)13-19(12-14)8-4-7-18-17(21)16-5-9-20(10-6-16)24(3,22)23/h14-16H,4-13H2,1-3H3,(H,18,21)/t14-,15-/m1/s1. The van der Waals surface area contributed by atoms with Crippen LogP contribution in [0.5, 0.6) is 0 Å². The van der Waals surface area contributed by atoms with E-state index in [1.54, 1.807) is 0 Å². The molecule has 24 heavy (non-hydrogen) atoms. The summed E-state index contributed by atoms with van der Waals surface area (Å²) in [7, 11) is -3.12. The number of carbonyl (C=O) groups excluding carboxylic acids is 1. The fraction of sp³-hybridized carbons (Fsp3) is 0.941. The van der Waals surface area contributed by atoms with Gasteiger partial charge >= 0.3 is 0 Å². The van der Waals surface area contributed by atoms with E-state index < -0.39 is 10.0 Å². The minimum atomic E-state index is -3.12. The van der Waals surface area contributed by atoms with Gasteiger partial charge in [0.05, 0.1) is 6.26 Å². The van der Waals surface area contributed by atoms with Crippen molar-refractivity contribution in [3.05, 3.63) is 0 Å². The molecular weight excluding hydrogens is 326 g/mol. The quantitative estimate of drug-likeness (QED) is 0.722. The van der Waals surface area contributed by atoms with E-state index in [0.29, 0.717) is 32.5 Å². The van der Waals surface area contributed by atoms with E-state index in [-0.39, 0.29) is 11.8 Å². The van der Waals surface area contributed by atoms with E-state index in [0.717, 1.165) is 24.8 Å². The Kier molecular flexibility index (Phi) is 7.07. The summed E-state index contributed by atoms with van der Waals surface area (Å²) in [6, 6.07) is 0. The summed E-state index contributed by atoms with van der Waals surface area (Å²) in [5.74, 6) is 1.58. The average molecular weight is 360 g/mol. The Morgan fingerprint density at radius 1 is 1.12 bits per heavy atom. The van der Waals surface area contributed by atoms with Crippen LogP contribution in [0.25, 0.3) is 0 Å². The summed E-state index contributed by atoms with van der Waals surface area (Å²) in [4.78, 5) is 14.7. The number of piperidine rings is 2. The normalized spacial score (nSPS) is 28.0. The predicted octanol–water partition coefficient (Wildman–Crippen LogP) is 1.14. The summed E-state index contributed by atoms with van der Waals surface area (Å²) >= 11 is 0. The largest absolute Gasteiger partial charge is 0.356 e. The van der Waals surface area contributed by atoms with Crippen LogP contribution in [0.2, 0.25) is 0 Å². The Balaban J connectivity index is 1.62. The molecule has 0 unspecified atom stereocenters. The number of nitrogens with one attached hydrogen (secondary N) is 1. The van der Waals surface area contributed by atoms with Gasteiger partial charge in [0.1, 0.15) is 0 Å².